The van der Waals surface area contributed by atoms with Gasteiger partial charge in [0.25, 0.3) is 5.91 Å². The summed E-state index contributed by atoms with van der Waals surface area (Å²) in [6.45, 7) is 1.88. The summed E-state index contributed by atoms with van der Waals surface area (Å²) < 4.78 is 26.2. The molecule has 0 aliphatic heterocycles. The van der Waals surface area contributed by atoms with Crippen LogP contribution in [0.1, 0.15) is 28.9 Å². The molecule has 104 valence electrons. The van der Waals surface area contributed by atoms with Crippen molar-refractivity contribution in [3.05, 3.63) is 65.2 Å². The standard InChI is InChI=1S/C15H14F2N2O/c1-9(10-2-4-11(16)5-3-10)19-12-6-7-14(17)13(8-12)15(18)20/h2-9,19H,1H3,(H2,18,20). The third kappa shape index (κ3) is 3.12. The molecule has 0 radical (unpaired) electrons. The number of benzene rings is 2. The molecule has 0 heterocycles. The first kappa shape index (κ1) is 14.0. The van der Waals surface area contributed by atoms with Crippen LogP contribution in [-0.4, -0.2) is 5.91 Å². The van der Waals surface area contributed by atoms with Gasteiger partial charge in [-0.2, -0.15) is 0 Å². The zero-order valence-electron chi connectivity index (χ0n) is 10.9. The lowest BCUT2D eigenvalue weighted by molar-refractivity contribution is 0.0996. The zero-order valence-corrected chi connectivity index (χ0v) is 10.9. The molecule has 0 aliphatic carbocycles. The third-order valence-electron chi connectivity index (χ3n) is 2.98. The van der Waals surface area contributed by atoms with E-state index >= 15 is 0 Å². The Balaban J connectivity index is 2.19. The molecule has 0 fully saturated rings. The topological polar surface area (TPSA) is 55.1 Å². The molecule has 0 saturated heterocycles. The molecule has 3 nitrogen and oxygen atoms in total. The van der Waals surface area contributed by atoms with Crippen LogP contribution in [0.25, 0.3) is 0 Å². The number of halogens is 2. The van der Waals surface area contributed by atoms with Crippen LogP contribution in [0.15, 0.2) is 42.5 Å². The molecule has 2 aromatic rings. The number of anilines is 1. The first-order valence-corrected chi connectivity index (χ1v) is 6.08. The average Bonchev–Trinajstić information content (AvgIpc) is 2.41. The number of carbonyl (C=O) groups excluding carboxylic acids is 1. The van der Waals surface area contributed by atoms with Crippen molar-refractivity contribution in [3.63, 3.8) is 0 Å². The molecule has 2 rings (SSSR count). The second-order valence-corrected chi connectivity index (χ2v) is 4.48. The molecule has 1 unspecified atom stereocenters. The summed E-state index contributed by atoms with van der Waals surface area (Å²) in [5.41, 5.74) is 6.37. The SMILES string of the molecule is CC(Nc1ccc(F)c(C(N)=O)c1)c1ccc(F)cc1. The van der Waals surface area contributed by atoms with E-state index in [4.69, 9.17) is 5.73 Å². The summed E-state index contributed by atoms with van der Waals surface area (Å²) in [5, 5.41) is 3.10. The molecular weight excluding hydrogens is 262 g/mol. The summed E-state index contributed by atoms with van der Waals surface area (Å²) >= 11 is 0. The number of carbonyl (C=O) groups is 1. The number of hydrogen-bond donors (Lipinski definition) is 2. The average molecular weight is 276 g/mol. The lowest BCUT2D eigenvalue weighted by Crippen LogP contribution is -2.14. The Morgan fingerprint density at radius 3 is 2.40 bits per heavy atom. The minimum Gasteiger partial charge on any atom is -0.378 e. The van der Waals surface area contributed by atoms with E-state index in [2.05, 4.69) is 5.32 Å². The van der Waals surface area contributed by atoms with Gasteiger partial charge in [-0.25, -0.2) is 8.78 Å². The first-order valence-electron chi connectivity index (χ1n) is 6.08. The molecule has 0 bridgehead atoms. The Labute approximate surface area is 115 Å². The third-order valence-corrected chi connectivity index (χ3v) is 2.98. The second kappa shape index (κ2) is 5.69. The first-order chi connectivity index (χ1) is 9.47. The van der Waals surface area contributed by atoms with E-state index < -0.39 is 11.7 Å². The molecular formula is C15H14F2N2O. The Morgan fingerprint density at radius 2 is 1.80 bits per heavy atom. The minimum absolute atomic E-state index is 0.123. The number of primary amides is 1. The Hall–Kier alpha value is -2.43. The molecule has 5 heteroatoms. The normalized spacial score (nSPS) is 11.9. The van der Waals surface area contributed by atoms with Crippen LogP contribution < -0.4 is 11.1 Å². The van der Waals surface area contributed by atoms with Gasteiger partial charge in [0.05, 0.1) is 5.56 Å². The summed E-state index contributed by atoms with van der Waals surface area (Å²) in [6, 6.07) is 9.98. The molecule has 0 spiro atoms. The molecule has 2 aromatic carbocycles. The van der Waals surface area contributed by atoms with Gasteiger partial charge in [-0.3, -0.25) is 4.79 Å². The van der Waals surface area contributed by atoms with Gasteiger partial charge in [0.2, 0.25) is 0 Å². The van der Waals surface area contributed by atoms with Gasteiger partial charge >= 0.3 is 0 Å². The Bertz CT molecular complexity index is 626. The molecule has 0 saturated carbocycles. The number of nitrogens with two attached hydrogens (primary N) is 1. The molecule has 20 heavy (non-hydrogen) atoms. The second-order valence-electron chi connectivity index (χ2n) is 4.48. The van der Waals surface area contributed by atoms with Gasteiger partial charge in [-0.15, -0.1) is 0 Å². The zero-order chi connectivity index (χ0) is 14.7. The highest BCUT2D eigenvalue weighted by Crippen LogP contribution is 2.21. The van der Waals surface area contributed by atoms with Gasteiger partial charge in [-0.1, -0.05) is 12.1 Å². The summed E-state index contributed by atoms with van der Waals surface area (Å²) in [5.74, 6) is -1.78. The fourth-order valence-electron chi connectivity index (χ4n) is 1.89. The van der Waals surface area contributed by atoms with Gasteiger partial charge < -0.3 is 11.1 Å². The maximum absolute atomic E-state index is 13.4. The quantitative estimate of drug-likeness (QED) is 0.900. The van der Waals surface area contributed by atoms with Crippen molar-refractivity contribution in [2.75, 3.05) is 5.32 Å². The van der Waals surface area contributed by atoms with E-state index in [1.807, 2.05) is 6.92 Å². The smallest absolute Gasteiger partial charge is 0.251 e. The minimum atomic E-state index is -0.819. The highest BCUT2D eigenvalue weighted by molar-refractivity contribution is 5.94. The van der Waals surface area contributed by atoms with Crippen LogP contribution in [0.5, 0.6) is 0 Å². The van der Waals surface area contributed by atoms with Crippen LogP contribution in [0.2, 0.25) is 0 Å². The van der Waals surface area contributed by atoms with E-state index in [0.29, 0.717) is 5.69 Å². The Kier molecular flexibility index (Phi) is 3.98. The van der Waals surface area contributed by atoms with Crippen LogP contribution >= 0.6 is 0 Å². The van der Waals surface area contributed by atoms with Crippen LogP contribution in [-0.2, 0) is 0 Å². The highest BCUT2D eigenvalue weighted by atomic mass is 19.1. The molecule has 1 atom stereocenters. The van der Waals surface area contributed by atoms with E-state index in [1.165, 1.54) is 30.3 Å². The highest BCUT2D eigenvalue weighted by Gasteiger charge is 2.11. The number of amides is 1. The van der Waals surface area contributed by atoms with Gasteiger partial charge in [-0.05, 0) is 42.8 Å². The molecule has 1 amide bonds. The van der Waals surface area contributed by atoms with Crippen molar-refractivity contribution in [2.45, 2.75) is 13.0 Å². The van der Waals surface area contributed by atoms with Crippen LogP contribution in [0.3, 0.4) is 0 Å². The van der Waals surface area contributed by atoms with Crippen molar-refractivity contribution >= 4 is 11.6 Å². The lowest BCUT2D eigenvalue weighted by Gasteiger charge is -2.16. The van der Waals surface area contributed by atoms with Crippen LogP contribution in [0, 0.1) is 11.6 Å². The maximum Gasteiger partial charge on any atom is 0.251 e. The van der Waals surface area contributed by atoms with Crippen LogP contribution in [0.4, 0.5) is 14.5 Å². The fourth-order valence-corrected chi connectivity index (χ4v) is 1.89. The predicted molar refractivity (Wildman–Crippen MR) is 73.4 cm³/mol. The van der Waals surface area contributed by atoms with Crippen molar-refractivity contribution in [1.29, 1.82) is 0 Å². The number of rotatable bonds is 4. The van der Waals surface area contributed by atoms with Crippen molar-refractivity contribution in [1.82, 2.24) is 0 Å². The number of hydrogen-bond acceptors (Lipinski definition) is 2. The van der Waals surface area contributed by atoms with Gasteiger partial charge in [0.1, 0.15) is 11.6 Å². The van der Waals surface area contributed by atoms with E-state index in [1.54, 1.807) is 12.1 Å². The summed E-state index contributed by atoms with van der Waals surface area (Å²) in [7, 11) is 0. The monoisotopic (exact) mass is 276 g/mol. The number of nitrogens with one attached hydrogen (secondary N) is 1. The molecule has 3 N–H and O–H groups in total. The van der Waals surface area contributed by atoms with Gasteiger partial charge in [0, 0.05) is 11.7 Å². The van der Waals surface area contributed by atoms with E-state index in [9.17, 15) is 13.6 Å². The van der Waals surface area contributed by atoms with E-state index in [-0.39, 0.29) is 17.4 Å². The summed E-state index contributed by atoms with van der Waals surface area (Å²) in [4.78, 5) is 11.1. The largest absolute Gasteiger partial charge is 0.378 e. The molecule has 0 aromatic heterocycles. The van der Waals surface area contributed by atoms with E-state index in [0.717, 1.165) is 5.56 Å². The van der Waals surface area contributed by atoms with Gasteiger partial charge in [0.15, 0.2) is 0 Å². The van der Waals surface area contributed by atoms with Crippen molar-refractivity contribution in [2.24, 2.45) is 5.73 Å². The predicted octanol–water partition coefficient (Wildman–Crippen LogP) is 3.24. The Morgan fingerprint density at radius 1 is 1.15 bits per heavy atom. The summed E-state index contributed by atoms with van der Waals surface area (Å²) in [6.07, 6.45) is 0. The maximum atomic E-state index is 13.4. The van der Waals surface area contributed by atoms with Crippen molar-refractivity contribution in [3.8, 4) is 0 Å². The lowest BCUT2D eigenvalue weighted by atomic mass is 10.1. The van der Waals surface area contributed by atoms with Crippen molar-refractivity contribution < 1.29 is 13.6 Å². The fraction of sp³-hybridized carbons (Fsp3) is 0.133. The molecule has 0 aliphatic rings.